The molecule has 2 N–H and O–H groups in total. The van der Waals surface area contributed by atoms with Crippen LogP contribution in [0.3, 0.4) is 0 Å². The van der Waals surface area contributed by atoms with Crippen LogP contribution in [-0.4, -0.2) is 37.2 Å². The number of carbonyl (C=O) groups excluding carboxylic acids is 1. The average molecular weight is 307 g/mol. The first-order valence-electron chi connectivity index (χ1n) is 5.62. The summed E-state index contributed by atoms with van der Waals surface area (Å²) in [5.41, 5.74) is -0.278. The highest BCUT2D eigenvalue weighted by Crippen LogP contribution is 2.28. The number of nitro benzene ring substituents is 1. The van der Waals surface area contributed by atoms with Crippen LogP contribution in [0, 0.1) is 10.1 Å². The van der Waals surface area contributed by atoms with Gasteiger partial charge in [-0.05, 0) is 6.07 Å². The van der Waals surface area contributed by atoms with Gasteiger partial charge in [-0.25, -0.2) is 0 Å². The number of halogens is 3. The molecule has 0 radical (unpaired) electrons. The quantitative estimate of drug-likeness (QED) is 0.616. The van der Waals surface area contributed by atoms with Gasteiger partial charge in [-0.15, -0.1) is 0 Å². The lowest BCUT2D eigenvalue weighted by Crippen LogP contribution is -2.35. The van der Waals surface area contributed by atoms with Gasteiger partial charge in [0.05, 0.1) is 30.8 Å². The van der Waals surface area contributed by atoms with Crippen LogP contribution in [0.2, 0.25) is 0 Å². The molecule has 21 heavy (non-hydrogen) atoms. The lowest BCUT2D eigenvalue weighted by molar-refractivity contribution is -0.384. The molecular weight excluding hydrogens is 295 g/mol. The number of benzene rings is 1. The number of nitrogens with zero attached hydrogens (tertiary/aromatic N) is 1. The Labute approximate surface area is 117 Å². The maximum Gasteiger partial charge on any atom is 0.401 e. The fourth-order valence-corrected chi connectivity index (χ4v) is 1.42. The highest BCUT2D eigenvalue weighted by atomic mass is 19.4. The van der Waals surface area contributed by atoms with Crippen LogP contribution in [0.15, 0.2) is 18.2 Å². The molecule has 0 fully saturated rings. The smallest absolute Gasteiger partial charge is 0.401 e. The van der Waals surface area contributed by atoms with Gasteiger partial charge in [0.1, 0.15) is 5.75 Å². The van der Waals surface area contributed by atoms with Gasteiger partial charge in [0.15, 0.2) is 0 Å². The van der Waals surface area contributed by atoms with Crippen LogP contribution < -0.4 is 15.4 Å². The lowest BCUT2D eigenvalue weighted by atomic mass is 10.2. The Morgan fingerprint density at radius 1 is 1.43 bits per heavy atom. The number of rotatable bonds is 6. The van der Waals surface area contributed by atoms with Crippen molar-refractivity contribution in [2.45, 2.75) is 6.18 Å². The van der Waals surface area contributed by atoms with Gasteiger partial charge in [0.2, 0.25) is 5.91 Å². The fraction of sp³-hybridized carbons (Fsp3) is 0.364. The molecule has 0 bridgehead atoms. The lowest BCUT2D eigenvalue weighted by Gasteiger charge is -2.11. The van der Waals surface area contributed by atoms with Crippen molar-refractivity contribution < 1.29 is 27.6 Å². The minimum Gasteiger partial charge on any atom is -0.495 e. The van der Waals surface area contributed by atoms with Crippen LogP contribution in [0.5, 0.6) is 5.75 Å². The predicted molar refractivity (Wildman–Crippen MR) is 67.2 cm³/mol. The minimum absolute atomic E-state index is 0.00510. The Morgan fingerprint density at radius 3 is 2.62 bits per heavy atom. The van der Waals surface area contributed by atoms with E-state index in [1.54, 1.807) is 0 Å². The van der Waals surface area contributed by atoms with E-state index in [0.29, 0.717) is 0 Å². The third-order valence-electron chi connectivity index (χ3n) is 2.28. The number of nitrogens with one attached hydrogen (secondary N) is 2. The summed E-state index contributed by atoms with van der Waals surface area (Å²) < 4.78 is 40.6. The molecule has 0 spiro atoms. The molecular formula is C11H12F3N3O4. The second kappa shape index (κ2) is 6.88. The van der Waals surface area contributed by atoms with E-state index in [-0.39, 0.29) is 17.1 Å². The number of ether oxygens (including phenoxy) is 1. The van der Waals surface area contributed by atoms with E-state index in [1.165, 1.54) is 19.2 Å². The summed E-state index contributed by atoms with van der Waals surface area (Å²) in [6, 6.07) is 3.51. The van der Waals surface area contributed by atoms with Gasteiger partial charge in [0, 0.05) is 12.1 Å². The maximum absolute atomic E-state index is 11.9. The predicted octanol–water partition coefficient (Wildman–Crippen LogP) is 1.69. The number of amides is 1. The molecule has 0 aliphatic carbocycles. The van der Waals surface area contributed by atoms with E-state index < -0.39 is 30.1 Å². The average Bonchev–Trinajstić information content (AvgIpc) is 2.36. The third kappa shape index (κ3) is 5.65. The number of methoxy groups -OCH3 is 1. The third-order valence-corrected chi connectivity index (χ3v) is 2.28. The van der Waals surface area contributed by atoms with Crippen molar-refractivity contribution in [3.05, 3.63) is 28.3 Å². The van der Waals surface area contributed by atoms with Gasteiger partial charge >= 0.3 is 6.18 Å². The largest absolute Gasteiger partial charge is 0.495 e. The number of nitro groups is 1. The van der Waals surface area contributed by atoms with Crippen LogP contribution >= 0.6 is 0 Å². The Morgan fingerprint density at radius 2 is 2.10 bits per heavy atom. The Hall–Kier alpha value is -2.36. The molecule has 10 heteroatoms. The zero-order valence-corrected chi connectivity index (χ0v) is 10.9. The Kier molecular flexibility index (Phi) is 5.47. The second-order valence-corrected chi connectivity index (χ2v) is 3.91. The molecule has 0 aliphatic rings. The molecule has 1 amide bonds. The number of carbonyl (C=O) groups is 1. The molecule has 0 aliphatic heterocycles. The van der Waals surface area contributed by atoms with Crippen molar-refractivity contribution in [3.63, 3.8) is 0 Å². The number of anilines is 1. The first-order chi connectivity index (χ1) is 9.73. The topological polar surface area (TPSA) is 93.5 Å². The monoisotopic (exact) mass is 307 g/mol. The van der Waals surface area contributed by atoms with Crippen molar-refractivity contribution in [3.8, 4) is 5.75 Å². The van der Waals surface area contributed by atoms with Crippen molar-refractivity contribution >= 4 is 17.3 Å². The van der Waals surface area contributed by atoms with Crippen LogP contribution in [-0.2, 0) is 4.79 Å². The van der Waals surface area contributed by atoms with Gasteiger partial charge in [-0.1, -0.05) is 0 Å². The first kappa shape index (κ1) is 16.7. The highest BCUT2D eigenvalue weighted by Gasteiger charge is 2.26. The fourth-order valence-electron chi connectivity index (χ4n) is 1.42. The van der Waals surface area contributed by atoms with E-state index >= 15 is 0 Å². The number of non-ortho nitro benzene ring substituents is 1. The molecule has 1 rings (SSSR count). The SMILES string of the molecule is COc1ccc([N+](=O)[O-])cc1NC(=O)CNCC(F)(F)F. The summed E-state index contributed by atoms with van der Waals surface area (Å²) in [7, 11) is 1.29. The summed E-state index contributed by atoms with van der Waals surface area (Å²) in [5, 5.41) is 14.8. The normalized spacial score (nSPS) is 11.0. The van der Waals surface area contributed by atoms with Crippen molar-refractivity contribution in [1.82, 2.24) is 5.32 Å². The number of hydrogen-bond acceptors (Lipinski definition) is 5. The van der Waals surface area contributed by atoms with E-state index in [4.69, 9.17) is 4.74 Å². The minimum atomic E-state index is -4.43. The summed E-state index contributed by atoms with van der Waals surface area (Å²) in [6.07, 6.45) is -4.43. The highest BCUT2D eigenvalue weighted by molar-refractivity contribution is 5.94. The zero-order chi connectivity index (χ0) is 16.0. The van der Waals surface area contributed by atoms with E-state index in [2.05, 4.69) is 5.32 Å². The molecule has 0 saturated carbocycles. The van der Waals surface area contributed by atoms with E-state index in [9.17, 15) is 28.1 Å². The molecule has 0 heterocycles. The summed E-state index contributed by atoms with van der Waals surface area (Å²) >= 11 is 0. The van der Waals surface area contributed by atoms with Gasteiger partial charge in [-0.2, -0.15) is 13.2 Å². The molecule has 116 valence electrons. The Balaban J connectivity index is 2.70. The number of hydrogen-bond donors (Lipinski definition) is 2. The maximum atomic E-state index is 11.9. The molecule has 7 nitrogen and oxygen atoms in total. The van der Waals surface area contributed by atoms with E-state index in [1.807, 2.05) is 5.32 Å². The standard InChI is InChI=1S/C11H12F3N3O4/c1-21-9-3-2-7(17(19)20)4-8(9)16-10(18)5-15-6-11(12,13)14/h2-4,15H,5-6H2,1H3,(H,16,18). The van der Waals surface area contributed by atoms with Crippen LogP contribution in [0.25, 0.3) is 0 Å². The summed E-state index contributed by atoms with van der Waals surface area (Å²) in [6.45, 7) is -1.90. The first-order valence-corrected chi connectivity index (χ1v) is 5.62. The van der Waals surface area contributed by atoms with Gasteiger partial charge in [0.25, 0.3) is 5.69 Å². The van der Waals surface area contributed by atoms with Crippen molar-refractivity contribution in [1.29, 1.82) is 0 Å². The molecule has 0 unspecified atom stereocenters. The van der Waals surface area contributed by atoms with Gasteiger partial charge in [-0.3, -0.25) is 14.9 Å². The van der Waals surface area contributed by atoms with E-state index in [0.717, 1.165) is 6.07 Å². The summed E-state index contributed by atoms with van der Waals surface area (Å²) in [5.74, 6) is -0.622. The van der Waals surface area contributed by atoms with Gasteiger partial charge < -0.3 is 15.4 Å². The summed E-state index contributed by atoms with van der Waals surface area (Å²) in [4.78, 5) is 21.4. The second-order valence-electron chi connectivity index (χ2n) is 3.91. The van der Waals surface area contributed by atoms with Crippen molar-refractivity contribution in [2.75, 3.05) is 25.5 Å². The molecule has 0 saturated heterocycles. The molecule has 0 atom stereocenters. The molecule has 1 aromatic rings. The molecule has 0 aromatic heterocycles. The molecule has 1 aromatic carbocycles. The Bertz CT molecular complexity index is 534. The number of alkyl halides is 3. The van der Waals surface area contributed by atoms with Crippen LogP contribution in [0.4, 0.5) is 24.5 Å². The van der Waals surface area contributed by atoms with Crippen LogP contribution in [0.1, 0.15) is 0 Å². The van der Waals surface area contributed by atoms with Crippen molar-refractivity contribution in [2.24, 2.45) is 0 Å². The zero-order valence-electron chi connectivity index (χ0n) is 10.9.